The monoisotopic (exact) mass is 273 g/mol. The molecule has 1 heterocycles. The Morgan fingerprint density at radius 1 is 1.35 bits per heavy atom. The third kappa shape index (κ3) is 3.42. The van der Waals surface area contributed by atoms with Crippen LogP contribution in [0.1, 0.15) is 6.42 Å². The van der Waals surface area contributed by atoms with Crippen molar-refractivity contribution in [3.63, 3.8) is 0 Å². The fourth-order valence-corrected chi connectivity index (χ4v) is 1.69. The summed E-state index contributed by atoms with van der Waals surface area (Å²) in [5.74, 6) is -1.07. The van der Waals surface area contributed by atoms with Crippen molar-refractivity contribution in [1.29, 1.82) is 0 Å². The molecule has 104 valence electrons. The first-order valence-corrected chi connectivity index (χ1v) is 6.01. The molecule has 0 spiro atoms. The molecule has 0 bridgehead atoms. The van der Waals surface area contributed by atoms with Crippen LogP contribution >= 0.6 is 0 Å². The molecule has 0 radical (unpaired) electrons. The van der Waals surface area contributed by atoms with Crippen molar-refractivity contribution in [3.05, 3.63) is 42.7 Å². The largest absolute Gasteiger partial charge is 0.370 e. The molecule has 7 nitrogen and oxygen atoms in total. The summed E-state index contributed by atoms with van der Waals surface area (Å²) in [6.45, 7) is 0. The minimum absolute atomic E-state index is 0.190. The lowest BCUT2D eigenvalue weighted by Crippen LogP contribution is -2.39. The number of carbonyl (C=O) groups excluding carboxylic acids is 2. The summed E-state index contributed by atoms with van der Waals surface area (Å²) in [7, 11) is 0. The highest BCUT2D eigenvalue weighted by molar-refractivity contribution is 5.97. The summed E-state index contributed by atoms with van der Waals surface area (Å²) in [4.78, 5) is 22.5. The minimum Gasteiger partial charge on any atom is -0.370 e. The molecule has 7 heteroatoms. The number of anilines is 1. The van der Waals surface area contributed by atoms with E-state index in [9.17, 15) is 9.59 Å². The third-order valence-electron chi connectivity index (χ3n) is 2.64. The maximum atomic E-state index is 11.8. The summed E-state index contributed by atoms with van der Waals surface area (Å²) >= 11 is 0. The van der Waals surface area contributed by atoms with E-state index in [2.05, 4.69) is 10.4 Å². The predicted molar refractivity (Wildman–Crippen MR) is 74.0 cm³/mol. The number of rotatable bonds is 5. The Hall–Kier alpha value is -2.67. The van der Waals surface area contributed by atoms with Gasteiger partial charge in [0.25, 0.3) is 0 Å². The van der Waals surface area contributed by atoms with Gasteiger partial charge in [0.2, 0.25) is 11.8 Å². The number of nitrogens with zero attached hydrogens (tertiary/aromatic N) is 2. The smallest absolute Gasteiger partial charge is 0.241 e. The van der Waals surface area contributed by atoms with E-state index in [0.29, 0.717) is 5.69 Å². The summed E-state index contributed by atoms with van der Waals surface area (Å²) in [5, 5.41) is 6.74. The second kappa shape index (κ2) is 5.98. The Morgan fingerprint density at radius 3 is 2.80 bits per heavy atom. The molecule has 5 N–H and O–H groups in total. The van der Waals surface area contributed by atoms with Crippen LogP contribution in [0.2, 0.25) is 0 Å². The normalized spacial score (nSPS) is 11.8. The van der Waals surface area contributed by atoms with Gasteiger partial charge in [0.05, 0.1) is 18.2 Å². The minimum atomic E-state index is -0.958. The van der Waals surface area contributed by atoms with Crippen LogP contribution < -0.4 is 16.8 Å². The number of hydrogen-bond acceptors (Lipinski definition) is 4. The number of carbonyl (C=O) groups is 2. The van der Waals surface area contributed by atoms with Crippen LogP contribution in [0, 0.1) is 0 Å². The lowest BCUT2D eigenvalue weighted by Gasteiger charge is -2.11. The molecule has 1 aromatic heterocycles. The lowest BCUT2D eigenvalue weighted by molar-refractivity contribution is -0.123. The van der Waals surface area contributed by atoms with Crippen molar-refractivity contribution in [2.75, 3.05) is 5.32 Å². The molecular formula is C13H15N5O2. The second-order valence-electron chi connectivity index (χ2n) is 4.27. The molecule has 0 aliphatic heterocycles. The van der Waals surface area contributed by atoms with Gasteiger partial charge in [-0.1, -0.05) is 6.07 Å². The molecule has 2 aromatic rings. The molecule has 1 unspecified atom stereocenters. The van der Waals surface area contributed by atoms with Crippen molar-refractivity contribution < 1.29 is 9.59 Å². The van der Waals surface area contributed by atoms with Crippen molar-refractivity contribution in [1.82, 2.24) is 9.78 Å². The number of nitrogens with one attached hydrogen (secondary N) is 1. The Bertz CT molecular complexity index is 609. The lowest BCUT2D eigenvalue weighted by atomic mass is 10.2. The predicted octanol–water partition coefficient (Wildman–Crippen LogP) is 0.0135. The molecule has 2 rings (SSSR count). The summed E-state index contributed by atoms with van der Waals surface area (Å²) < 4.78 is 1.67. The molecular weight excluding hydrogens is 258 g/mol. The first kappa shape index (κ1) is 13.8. The zero-order valence-electron chi connectivity index (χ0n) is 10.7. The molecule has 0 aliphatic carbocycles. The molecule has 0 aliphatic rings. The Balaban J connectivity index is 2.08. The fraction of sp³-hybridized carbons (Fsp3) is 0.154. The van der Waals surface area contributed by atoms with Gasteiger partial charge in [-0.2, -0.15) is 5.10 Å². The van der Waals surface area contributed by atoms with Gasteiger partial charge in [0, 0.05) is 18.1 Å². The standard InChI is InChI=1S/C13H15N5O2/c14-11(8-12(15)19)13(20)17-9-3-1-4-10(7-9)18-6-2-5-16-18/h1-7,11H,8,14H2,(H2,15,19)(H,17,20). The third-order valence-corrected chi connectivity index (χ3v) is 2.64. The fourth-order valence-electron chi connectivity index (χ4n) is 1.69. The average molecular weight is 273 g/mol. The van der Waals surface area contributed by atoms with Crippen LogP contribution in [-0.2, 0) is 9.59 Å². The van der Waals surface area contributed by atoms with Gasteiger partial charge in [0.1, 0.15) is 0 Å². The highest BCUT2D eigenvalue weighted by Gasteiger charge is 2.16. The van der Waals surface area contributed by atoms with Crippen molar-refractivity contribution in [2.45, 2.75) is 12.5 Å². The van der Waals surface area contributed by atoms with E-state index in [0.717, 1.165) is 5.69 Å². The van der Waals surface area contributed by atoms with Gasteiger partial charge in [-0.05, 0) is 24.3 Å². The first-order valence-electron chi connectivity index (χ1n) is 6.01. The summed E-state index contributed by atoms with van der Waals surface area (Å²) in [5.41, 5.74) is 11.9. The molecule has 1 aromatic carbocycles. The van der Waals surface area contributed by atoms with Crippen LogP contribution in [0.15, 0.2) is 42.7 Å². The van der Waals surface area contributed by atoms with E-state index in [4.69, 9.17) is 11.5 Å². The van der Waals surface area contributed by atoms with Crippen LogP contribution in [0.25, 0.3) is 5.69 Å². The zero-order chi connectivity index (χ0) is 14.5. The van der Waals surface area contributed by atoms with Crippen molar-refractivity contribution in [2.24, 2.45) is 11.5 Å². The van der Waals surface area contributed by atoms with Crippen molar-refractivity contribution >= 4 is 17.5 Å². The number of benzene rings is 1. The van der Waals surface area contributed by atoms with Crippen LogP contribution in [0.4, 0.5) is 5.69 Å². The van der Waals surface area contributed by atoms with Gasteiger partial charge in [-0.25, -0.2) is 4.68 Å². The Morgan fingerprint density at radius 2 is 2.15 bits per heavy atom. The van der Waals surface area contributed by atoms with E-state index in [1.54, 1.807) is 41.3 Å². The maximum Gasteiger partial charge on any atom is 0.241 e. The van der Waals surface area contributed by atoms with Crippen LogP contribution in [-0.4, -0.2) is 27.6 Å². The summed E-state index contributed by atoms with van der Waals surface area (Å²) in [6, 6.07) is 7.96. The average Bonchev–Trinajstić information content (AvgIpc) is 2.92. The number of primary amides is 1. The molecule has 0 saturated heterocycles. The quantitative estimate of drug-likeness (QED) is 0.711. The van der Waals surface area contributed by atoms with Gasteiger partial charge in [-0.3, -0.25) is 9.59 Å². The second-order valence-corrected chi connectivity index (χ2v) is 4.27. The van der Waals surface area contributed by atoms with E-state index < -0.39 is 17.9 Å². The van der Waals surface area contributed by atoms with Crippen molar-refractivity contribution in [3.8, 4) is 5.69 Å². The zero-order valence-corrected chi connectivity index (χ0v) is 10.7. The van der Waals surface area contributed by atoms with E-state index in [1.807, 2.05) is 6.07 Å². The summed E-state index contributed by atoms with van der Waals surface area (Å²) in [6.07, 6.45) is 3.26. The number of hydrogen-bond donors (Lipinski definition) is 3. The number of amides is 2. The first-order chi connectivity index (χ1) is 9.56. The van der Waals surface area contributed by atoms with Gasteiger partial charge < -0.3 is 16.8 Å². The molecule has 1 atom stereocenters. The SMILES string of the molecule is NC(=O)CC(N)C(=O)Nc1cccc(-n2cccn2)c1. The molecule has 0 saturated carbocycles. The Kier molecular flexibility index (Phi) is 4.11. The molecule has 0 fully saturated rings. The number of aromatic nitrogens is 2. The van der Waals surface area contributed by atoms with E-state index in [1.165, 1.54) is 0 Å². The van der Waals surface area contributed by atoms with Crippen LogP contribution in [0.5, 0.6) is 0 Å². The van der Waals surface area contributed by atoms with Gasteiger partial charge in [0.15, 0.2) is 0 Å². The van der Waals surface area contributed by atoms with E-state index in [-0.39, 0.29) is 6.42 Å². The highest BCUT2D eigenvalue weighted by atomic mass is 16.2. The Labute approximate surface area is 115 Å². The van der Waals surface area contributed by atoms with Gasteiger partial charge >= 0.3 is 0 Å². The van der Waals surface area contributed by atoms with E-state index >= 15 is 0 Å². The molecule has 2 amide bonds. The topological polar surface area (TPSA) is 116 Å². The van der Waals surface area contributed by atoms with Crippen LogP contribution in [0.3, 0.4) is 0 Å². The highest BCUT2D eigenvalue weighted by Crippen LogP contribution is 2.14. The molecule has 20 heavy (non-hydrogen) atoms. The number of nitrogens with two attached hydrogens (primary N) is 2. The maximum absolute atomic E-state index is 11.8. The van der Waals surface area contributed by atoms with Gasteiger partial charge in [-0.15, -0.1) is 0 Å².